The van der Waals surface area contributed by atoms with Crippen molar-refractivity contribution in [3.05, 3.63) is 90.1 Å². The van der Waals surface area contributed by atoms with Crippen molar-refractivity contribution in [1.82, 2.24) is 15.2 Å². The predicted octanol–water partition coefficient (Wildman–Crippen LogP) is 8.57. The molecule has 5 aromatic rings. The number of rotatable bonds is 15. The molecule has 3 amide bonds. The summed E-state index contributed by atoms with van der Waals surface area (Å²) < 4.78 is 50.2. The van der Waals surface area contributed by atoms with Crippen LogP contribution < -0.4 is 44.9 Å². The number of hydrogen-bond acceptors (Lipinski definition) is 11. The molecule has 2 heterocycles. The zero-order valence-electron chi connectivity index (χ0n) is 35.9. The quantitative estimate of drug-likeness (QED) is 0.0681. The molecular formula is C45H55N7O8S. The fourth-order valence-electron chi connectivity index (χ4n) is 7.25. The summed E-state index contributed by atoms with van der Waals surface area (Å²) in [5.41, 5.74) is 2.32. The van der Waals surface area contributed by atoms with Gasteiger partial charge in [-0.05, 0) is 86.6 Å². The van der Waals surface area contributed by atoms with Crippen LogP contribution in [0.4, 0.5) is 33.4 Å². The van der Waals surface area contributed by atoms with E-state index in [1.807, 2.05) is 45.0 Å². The smallest absolute Gasteiger partial charge is 0.323 e. The molecule has 1 aromatic heterocycles. The monoisotopic (exact) mass is 853 g/mol. The number of anilines is 5. The Morgan fingerprint density at radius 3 is 2.11 bits per heavy atom. The highest BCUT2D eigenvalue weighted by molar-refractivity contribution is 7.92. The zero-order valence-corrected chi connectivity index (χ0v) is 36.7. The average molecular weight is 854 g/mol. The number of likely N-dealkylation sites (tertiary alicyclic amines) is 1. The molecular weight excluding hydrogens is 799 g/mol. The van der Waals surface area contributed by atoms with Gasteiger partial charge in [0.25, 0.3) is 5.91 Å². The maximum absolute atomic E-state index is 13.6. The highest BCUT2D eigenvalue weighted by Crippen LogP contribution is 2.40. The Labute approximate surface area is 357 Å². The number of sulfonamides is 1. The Morgan fingerprint density at radius 2 is 1.48 bits per heavy atom. The Hall–Kier alpha value is -6.26. The zero-order chi connectivity index (χ0) is 43.9. The lowest BCUT2D eigenvalue weighted by atomic mass is 9.86. The number of benzene rings is 4. The fourth-order valence-corrected chi connectivity index (χ4v) is 7.80. The van der Waals surface area contributed by atoms with Gasteiger partial charge < -0.3 is 45.1 Å². The number of ether oxygens (including phenoxy) is 4. The molecule has 0 aliphatic carbocycles. The molecule has 0 spiro atoms. The summed E-state index contributed by atoms with van der Waals surface area (Å²) in [6.07, 6.45) is 5.84. The van der Waals surface area contributed by atoms with E-state index in [0.29, 0.717) is 63.6 Å². The first-order valence-electron chi connectivity index (χ1n) is 20.0. The number of pyridine rings is 1. The van der Waals surface area contributed by atoms with Crippen LogP contribution in [0.15, 0.2) is 79.0 Å². The van der Waals surface area contributed by atoms with Crippen LogP contribution in [0.1, 0.15) is 56.0 Å². The summed E-state index contributed by atoms with van der Waals surface area (Å²) in [6.45, 7) is 8.67. The number of aromatic nitrogens is 1. The largest absolute Gasteiger partial charge is 0.496 e. The number of nitrogens with one attached hydrogen (secondary N) is 5. The summed E-state index contributed by atoms with van der Waals surface area (Å²) in [4.78, 5) is 33.7. The molecule has 1 fully saturated rings. The molecule has 0 unspecified atom stereocenters. The molecule has 4 aromatic carbocycles. The minimum atomic E-state index is -3.65. The summed E-state index contributed by atoms with van der Waals surface area (Å²) >= 11 is 0. The Kier molecular flexibility index (Phi) is 13.8. The second kappa shape index (κ2) is 19.0. The Morgan fingerprint density at radius 1 is 0.820 bits per heavy atom. The van der Waals surface area contributed by atoms with Gasteiger partial charge in [-0.1, -0.05) is 45.0 Å². The van der Waals surface area contributed by atoms with Gasteiger partial charge in [0, 0.05) is 47.4 Å². The Bertz CT molecular complexity index is 2470. The average Bonchev–Trinajstić information content (AvgIpc) is 3.21. The van der Waals surface area contributed by atoms with Crippen molar-refractivity contribution in [3.63, 3.8) is 0 Å². The molecule has 0 radical (unpaired) electrons. The van der Waals surface area contributed by atoms with Crippen LogP contribution >= 0.6 is 0 Å². The van der Waals surface area contributed by atoms with Gasteiger partial charge >= 0.3 is 6.03 Å². The van der Waals surface area contributed by atoms with Gasteiger partial charge in [-0.3, -0.25) is 9.52 Å². The van der Waals surface area contributed by atoms with E-state index in [9.17, 15) is 18.0 Å². The molecule has 6 rings (SSSR count). The van der Waals surface area contributed by atoms with Crippen LogP contribution in [0.3, 0.4) is 0 Å². The number of fused-ring (bicyclic) bond motifs is 1. The van der Waals surface area contributed by atoms with E-state index in [1.54, 1.807) is 54.7 Å². The van der Waals surface area contributed by atoms with E-state index in [-0.39, 0.29) is 28.4 Å². The lowest BCUT2D eigenvalue weighted by Gasteiger charge is -2.28. The standard InChI is InChI=1S/C45H55N7O8S/c1-45(2,3)29-23-35(42(59-7)36(24-29)51-61(8,55)56)50-44(54)49-34-13-14-37(33-12-10-9-11-32(33)34)60-31-16-20-46-40(27-31)48-30-25-38(57-5)41(39(26-30)58-6)43(53)47-19-15-28-17-21-52(4)22-18-28/h9-14,16,20,23-28,51H,15,17-19,21-22H2,1-8H3,(H,46,48)(H,47,53)(H2,49,50,54). The van der Waals surface area contributed by atoms with E-state index in [0.717, 1.165) is 49.6 Å². The minimum absolute atomic E-state index is 0.167. The second-order valence-corrected chi connectivity index (χ2v) is 17.9. The fraction of sp³-hybridized carbons (Fsp3) is 0.356. The van der Waals surface area contributed by atoms with Crippen LogP contribution in [0.25, 0.3) is 10.8 Å². The normalized spacial score (nSPS) is 13.6. The summed E-state index contributed by atoms with van der Waals surface area (Å²) in [6, 6.07) is 20.8. The second-order valence-electron chi connectivity index (χ2n) is 16.1. The number of urea groups is 1. The topological polar surface area (TPSA) is 181 Å². The van der Waals surface area contributed by atoms with Gasteiger partial charge in [-0.15, -0.1) is 0 Å². The van der Waals surface area contributed by atoms with Crippen molar-refractivity contribution in [3.8, 4) is 28.7 Å². The van der Waals surface area contributed by atoms with Crippen molar-refractivity contribution in [2.24, 2.45) is 5.92 Å². The molecule has 61 heavy (non-hydrogen) atoms. The number of amides is 3. The summed E-state index contributed by atoms with van der Waals surface area (Å²) in [5, 5.41) is 13.5. The third kappa shape index (κ3) is 11.3. The molecule has 0 saturated carbocycles. The maximum atomic E-state index is 13.6. The number of carbonyl (C=O) groups is 2. The number of carbonyl (C=O) groups excluding carboxylic acids is 2. The predicted molar refractivity (Wildman–Crippen MR) is 241 cm³/mol. The van der Waals surface area contributed by atoms with Crippen LogP contribution in [0.2, 0.25) is 0 Å². The van der Waals surface area contributed by atoms with Gasteiger partial charge in [-0.2, -0.15) is 0 Å². The highest BCUT2D eigenvalue weighted by Gasteiger charge is 2.24. The number of nitrogens with zero attached hydrogens (tertiary/aromatic N) is 2. The molecule has 0 atom stereocenters. The lowest BCUT2D eigenvalue weighted by molar-refractivity contribution is 0.0942. The van der Waals surface area contributed by atoms with Crippen LogP contribution in [0, 0.1) is 5.92 Å². The number of hydrogen-bond donors (Lipinski definition) is 5. The highest BCUT2D eigenvalue weighted by atomic mass is 32.2. The van der Waals surface area contributed by atoms with Crippen LogP contribution in [-0.2, 0) is 15.4 Å². The molecule has 1 aliphatic heterocycles. The maximum Gasteiger partial charge on any atom is 0.323 e. The van der Waals surface area contributed by atoms with Crippen molar-refractivity contribution in [2.45, 2.75) is 45.4 Å². The number of methoxy groups -OCH3 is 3. The third-order valence-electron chi connectivity index (χ3n) is 10.5. The van der Waals surface area contributed by atoms with Crippen molar-refractivity contribution < 1.29 is 37.0 Å². The van der Waals surface area contributed by atoms with E-state index in [2.05, 4.69) is 42.9 Å². The van der Waals surface area contributed by atoms with Gasteiger partial charge in [0.2, 0.25) is 10.0 Å². The van der Waals surface area contributed by atoms with E-state index in [4.69, 9.17) is 18.9 Å². The number of piperidine rings is 1. The Balaban J connectivity index is 1.17. The van der Waals surface area contributed by atoms with Crippen molar-refractivity contribution in [2.75, 3.05) is 74.9 Å². The van der Waals surface area contributed by atoms with Gasteiger partial charge in [0.1, 0.15) is 34.4 Å². The van der Waals surface area contributed by atoms with Crippen molar-refractivity contribution >= 4 is 61.3 Å². The first kappa shape index (κ1) is 44.3. The van der Waals surface area contributed by atoms with E-state index < -0.39 is 16.1 Å². The third-order valence-corrected chi connectivity index (χ3v) is 11.1. The molecule has 5 N–H and O–H groups in total. The molecule has 1 aliphatic rings. The summed E-state index contributed by atoms with van der Waals surface area (Å²) in [5.74, 6) is 2.69. The van der Waals surface area contributed by atoms with Crippen molar-refractivity contribution in [1.29, 1.82) is 0 Å². The lowest BCUT2D eigenvalue weighted by Crippen LogP contribution is -2.33. The van der Waals surface area contributed by atoms with Gasteiger partial charge in [0.05, 0.1) is 44.6 Å². The summed E-state index contributed by atoms with van der Waals surface area (Å²) in [7, 11) is 2.92. The first-order chi connectivity index (χ1) is 29.0. The van der Waals surface area contributed by atoms with E-state index in [1.165, 1.54) is 21.3 Å². The first-order valence-corrected chi connectivity index (χ1v) is 21.9. The minimum Gasteiger partial charge on any atom is -0.496 e. The molecule has 16 heteroatoms. The molecule has 1 saturated heterocycles. The molecule has 0 bridgehead atoms. The van der Waals surface area contributed by atoms with Crippen LogP contribution in [-0.4, -0.2) is 84.5 Å². The van der Waals surface area contributed by atoms with Gasteiger partial charge in [0.15, 0.2) is 5.75 Å². The van der Waals surface area contributed by atoms with Crippen LogP contribution in [0.5, 0.6) is 28.7 Å². The van der Waals surface area contributed by atoms with E-state index >= 15 is 0 Å². The van der Waals surface area contributed by atoms with Gasteiger partial charge in [-0.25, -0.2) is 18.2 Å². The SMILES string of the molecule is COc1cc(Nc2cc(Oc3ccc(NC(=O)Nc4cc(C(C)(C)C)cc(NS(C)(=O)=O)c4OC)c4ccccc34)ccn2)cc(OC)c1C(=O)NCCC1CCN(C)CC1. The molecule has 324 valence electrons. The molecule has 15 nitrogen and oxygen atoms in total.